The van der Waals surface area contributed by atoms with Crippen molar-refractivity contribution in [1.29, 1.82) is 0 Å². The van der Waals surface area contributed by atoms with E-state index in [0.29, 0.717) is 11.3 Å². The molecule has 5 heteroatoms. The molecular formula is C19H22N2O3. The fraction of sp³-hybridized carbons (Fsp3) is 0.263. The summed E-state index contributed by atoms with van der Waals surface area (Å²) in [5.41, 5.74) is 8.24. The lowest BCUT2D eigenvalue weighted by atomic mass is 10.1. The third kappa shape index (κ3) is 4.35. The molecular weight excluding hydrogens is 304 g/mol. The average molecular weight is 326 g/mol. The van der Waals surface area contributed by atoms with Crippen molar-refractivity contribution in [3.05, 3.63) is 64.7 Å². The molecule has 2 N–H and O–H groups in total. The smallest absolute Gasteiger partial charge is 0.279 e. The number of nitrogens with one attached hydrogen (secondary N) is 2. The number of rotatable bonds is 4. The largest absolute Gasteiger partial charge is 0.480 e. The highest BCUT2D eigenvalue weighted by molar-refractivity contribution is 5.95. The van der Waals surface area contributed by atoms with Crippen molar-refractivity contribution in [2.75, 3.05) is 0 Å². The van der Waals surface area contributed by atoms with Crippen LogP contribution in [0.3, 0.4) is 0 Å². The number of para-hydroxylation sites is 1. The molecule has 0 unspecified atom stereocenters. The summed E-state index contributed by atoms with van der Waals surface area (Å²) in [7, 11) is 0. The highest BCUT2D eigenvalue weighted by atomic mass is 16.5. The van der Waals surface area contributed by atoms with E-state index in [9.17, 15) is 9.59 Å². The first-order valence-corrected chi connectivity index (χ1v) is 7.78. The van der Waals surface area contributed by atoms with Crippen LogP contribution in [-0.4, -0.2) is 17.9 Å². The minimum Gasteiger partial charge on any atom is -0.480 e. The van der Waals surface area contributed by atoms with E-state index < -0.39 is 12.0 Å². The number of benzene rings is 2. The highest BCUT2D eigenvalue weighted by Gasteiger charge is 2.17. The zero-order valence-corrected chi connectivity index (χ0v) is 14.3. The molecule has 0 saturated heterocycles. The van der Waals surface area contributed by atoms with Gasteiger partial charge in [-0.15, -0.1) is 0 Å². The Morgan fingerprint density at radius 2 is 1.50 bits per heavy atom. The minimum atomic E-state index is -0.733. The Kier molecular flexibility index (Phi) is 5.58. The van der Waals surface area contributed by atoms with Gasteiger partial charge in [0.25, 0.3) is 11.8 Å². The Balaban J connectivity index is 1.92. The van der Waals surface area contributed by atoms with Gasteiger partial charge in [-0.1, -0.05) is 35.9 Å². The first-order chi connectivity index (χ1) is 11.4. The van der Waals surface area contributed by atoms with Gasteiger partial charge in [0.2, 0.25) is 0 Å². The first-order valence-electron chi connectivity index (χ1n) is 7.78. The number of hydrogen-bond acceptors (Lipinski definition) is 3. The summed E-state index contributed by atoms with van der Waals surface area (Å²) >= 11 is 0. The van der Waals surface area contributed by atoms with Crippen molar-refractivity contribution in [2.24, 2.45) is 0 Å². The van der Waals surface area contributed by atoms with Crippen LogP contribution >= 0.6 is 0 Å². The molecule has 0 radical (unpaired) electrons. The molecule has 126 valence electrons. The van der Waals surface area contributed by atoms with E-state index in [-0.39, 0.29) is 5.91 Å². The van der Waals surface area contributed by atoms with Gasteiger partial charge >= 0.3 is 0 Å². The molecule has 5 nitrogen and oxygen atoms in total. The van der Waals surface area contributed by atoms with Gasteiger partial charge in [0.15, 0.2) is 6.10 Å². The van der Waals surface area contributed by atoms with Crippen molar-refractivity contribution >= 4 is 11.8 Å². The molecule has 0 saturated carbocycles. The summed E-state index contributed by atoms with van der Waals surface area (Å²) in [6, 6.07) is 12.9. The van der Waals surface area contributed by atoms with Crippen LogP contribution < -0.4 is 15.6 Å². The standard InChI is InChI=1S/C19H22N2O3/c1-12-8-10-16(11-9-12)19(23)21-20-18(22)15(4)24-17-13(2)6-5-7-14(17)3/h5-11,15H,1-4H3,(H,20,22)(H,21,23)/t15-/m1/s1. The van der Waals surface area contributed by atoms with Crippen molar-refractivity contribution in [3.63, 3.8) is 0 Å². The number of ether oxygens (including phenoxy) is 1. The summed E-state index contributed by atoms with van der Waals surface area (Å²) in [6.07, 6.45) is -0.733. The molecule has 2 rings (SSSR count). The average Bonchev–Trinajstić information content (AvgIpc) is 2.56. The van der Waals surface area contributed by atoms with Gasteiger partial charge in [-0.2, -0.15) is 0 Å². The summed E-state index contributed by atoms with van der Waals surface area (Å²) in [5.74, 6) is -0.106. The number of hydrazine groups is 1. The lowest BCUT2D eigenvalue weighted by Crippen LogP contribution is -2.47. The van der Waals surface area contributed by atoms with E-state index in [0.717, 1.165) is 16.7 Å². The molecule has 0 aliphatic carbocycles. The molecule has 0 aliphatic rings. The summed E-state index contributed by atoms with van der Waals surface area (Å²) in [4.78, 5) is 24.1. The second-order valence-electron chi connectivity index (χ2n) is 5.79. The summed E-state index contributed by atoms with van der Waals surface area (Å²) in [6.45, 7) is 7.42. The number of aryl methyl sites for hydroxylation is 3. The molecule has 0 aliphatic heterocycles. The number of hydrogen-bond donors (Lipinski definition) is 2. The van der Waals surface area contributed by atoms with E-state index >= 15 is 0 Å². The third-order valence-corrected chi connectivity index (χ3v) is 3.69. The molecule has 0 bridgehead atoms. The lowest BCUT2D eigenvalue weighted by Gasteiger charge is -2.18. The SMILES string of the molecule is Cc1ccc(C(=O)NNC(=O)[C@@H](C)Oc2c(C)cccc2C)cc1. The predicted molar refractivity (Wildman–Crippen MR) is 92.8 cm³/mol. The minimum absolute atomic E-state index is 0.373. The molecule has 0 fully saturated rings. The van der Waals surface area contributed by atoms with Crippen LogP contribution in [0.5, 0.6) is 5.75 Å². The Morgan fingerprint density at radius 3 is 2.08 bits per heavy atom. The number of amides is 2. The molecule has 2 aromatic rings. The van der Waals surface area contributed by atoms with Gasteiger partial charge in [0.1, 0.15) is 5.75 Å². The molecule has 24 heavy (non-hydrogen) atoms. The Morgan fingerprint density at radius 1 is 0.917 bits per heavy atom. The maximum absolute atomic E-state index is 12.1. The summed E-state index contributed by atoms with van der Waals surface area (Å²) < 4.78 is 5.73. The molecule has 0 aromatic heterocycles. The van der Waals surface area contributed by atoms with Gasteiger partial charge in [-0.3, -0.25) is 20.4 Å². The van der Waals surface area contributed by atoms with Gasteiger partial charge in [-0.05, 0) is 51.0 Å². The van der Waals surface area contributed by atoms with E-state index in [1.54, 1.807) is 19.1 Å². The van der Waals surface area contributed by atoms with E-state index in [1.807, 2.05) is 51.1 Å². The van der Waals surface area contributed by atoms with Crippen molar-refractivity contribution < 1.29 is 14.3 Å². The second kappa shape index (κ2) is 7.64. The van der Waals surface area contributed by atoms with Crippen LogP contribution in [0.25, 0.3) is 0 Å². The number of carbonyl (C=O) groups is 2. The fourth-order valence-corrected chi connectivity index (χ4v) is 2.21. The lowest BCUT2D eigenvalue weighted by molar-refractivity contribution is -0.128. The van der Waals surface area contributed by atoms with Crippen LogP contribution in [0.15, 0.2) is 42.5 Å². The molecule has 0 spiro atoms. The fourth-order valence-electron chi connectivity index (χ4n) is 2.21. The maximum Gasteiger partial charge on any atom is 0.279 e. The summed E-state index contributed by atoms with van der Waals surface area (Å²) in [5, 5.41) is 0. The number of carbonyl (C=O) groups excluding carboxylic acids is 2. The maximum atomic E-state index is 12.1. The van der Waals surface area contributed by atoms with Gasteiger partial charge < -0.3 is 4.74 Å². The molecule has 0 heterocycles. The van der Waals surface area contributed by atoms with Crippen molar-refractivity contribution in [1.82, 2.24) is 10.9 Å². The molecule has 1 atom stereocenters. The van der Waals surface area contributed by atoms with Crippen LogP contribution in [-0.2, 0) is 4.79 Å². The Labute approximate surface area is 142 Å². The van der Waals surface area contributed by atoms with Crippen LogP contribution in [0, 0.1) is 20.8 Å². The molecule has 2 aromatic carbocycles. The van der Waals surface area contributed by atoms with Gasteiger partial charge in [-0.25, -0.2) is 0 Å². The predicted octanol–water partition coefficient (Wildman–Crippen LogP) is 2.84. The zero-order valence-electron chi connectivity index (χ0n) is 14.3. The van der Waals surface area contributed by atoms with E-state index in [4.69, 9.17) is 4.74 Å². The monoisotopic (exact) mass is 326 g/mol. The first kappa shape index (κ1) is 17.5. The normalized spacial score (nSPS) is 11.5. The highest BCUT2D eigenvalue weighted by Crippen LogP contribution is 2.23. The van der Waals surface area contributed by atoms with Crippen molar-refractivity contribution in [3.8, 4) is 5.75 Å². The van der Waals surface area contributed by atoms with Gasteiger partial charge in [0, 0.05) is 5.56 Å². The second-order valence-corrected chi connectivity index (χ2v) is 5.79. The Bertz CT molecular complexity index is 719. The van der Waals surface area contributed by atoms with Crippen LogP contribution in [0.1, 0.15) is 34.0 Å². The third-order valence-electron chi connectivity index (χ3n) is 3.69. The van der Waals surface area contributed by atoms with Gasteiger partial charge in [0.05, 0.1) is 0 Å². The van der Waals surface area contributed by atoms with Crippen molar-refractivity contribution in [2.45, 2.75) is 33.8 Å². The topological polar surface area (TPSA) is 67.4 Å². The molecule has 2 amide bonds. The zero-order chi connectivity index (χ0) is 17.7. The van der Waals surface area contributed by atoms with Crippen LogP contribution in [0.2, 0.25) is 0 Å². The van der Waals surface area contributed by atoms with E-state index in [2.05, 4.69) is 10.9 Å². The van der Waals surface area contributed by atoms with E-state index in [1.165, 1.54) is 0 Å². The quantitative estimate of drug-likeness (QED) is 0.849. The van der Waals surface area contributed by atoms with Crippen LogP contribution in [0.4, 0.5) is 0 Å². The Hall–Kier alpha value is -2.82.